The summed E-state index contributed by atoms with van der Waals surface area (Å²) >= 11 is 0. The second-order valence-electron chi connectivity index (χ2n) is 12.6. The molecule has 6 aromatic carbocycles. The van der Waals surface area contributed by atoms with E-state index in [1.165, 1.54) is 36.4 Å². The van der Waals surface area contributed by atoms with E-state index in [1.807, 2.05) is 0 Å². The van der Waals surface area contributed by atoms with Crippen molar-refractivity contribution in [1.29, 1.82) is 0 Å². The van der Waals surface area contributed by atoms with Crippen LogP contribution in [0.25, 0.3) is 0 Å². The van der Waals surface area contributed by atoms with Gasteiger partial charge in [0.25, 0.3) is 0 Å². The summed E-state index contributed by atoms with van der Waals surface area (Å²) in [7, 11) is 0. The van der Waals surface area contributed by atoms with Crippen LogP contribution in [0, 0.1) is 0 Å². The Kier molecular flexibility index (Phi) is 17.9. The Labute approximate surface area is 386 Å². The minimum atomic E-state index is -1.31. The average molecular weight is 976 g/mol. The molecule has 6 rings (SSSR count). The van der Waals surface area contributed by atoms with Crippen LogP contribution >= 0.6 is 0 Å². The molecule has 67 heavy (non-hydrogen) atoms. The molecular formula is C42H30GaN6O18+3. The Hall–Kier alpha value is -9.62. The van der Waals surface area contributed by atoms with Crippen LogP contribution in [0.4, 0.5) is 34.1 Å². The molecule has 0 spiro atoms. The van der Waals surface area contributed by atoms with Crippen LogP contribution in [0.2, 0.25) is 0 Å². The van der Waals surface area contributed by atoms with Crippen molar-refractivity contribution in [3.8, 4) is 34.5 Å². The fourth-order valence-corrected chi connectivity index (χ4v) is 4.89. The van der Waals surface area contributed by atoms with Crippen molar-refractivity contribution in [2.24, 2.45) is 30.7 Å². The molecule has 0 radical (unpaired) electrons. The average Bonchev–Trinajstić information content (AvgIpc) is 3.26. The van der Waals surface area contributed by atoms with Crippen molar-refractivity contribution >= 4 is 89.7 Å². The number of benzene rings is 6. The summed E-state index contributed by atoms with van der Waals surface area (Å²) in [5.41, 5.74) is -0.953. The van der Waals surface area contributed by atoms with Gasteiger partial charge in [-0.25, -0.2) is 28.8 Å². The van der Waals surface area contributed by atoms with E-state index in [4.69, 9.17) is 30.6 Å². The Morgan fingerprint density at radius 1 is 0.254 bits per heavy atom. The number of azo groups is 3. The maximum atomic E-state index is 10.9. The van der Waals surface area contributed by atoms with Crippen LogP contribution in [0.1, 0.15) is 62.1 Å². The first-order valence-electron chi connectivity index (χ1n) is 17.8. The number of nitrogens with zero attached hydrogens (tertiary/aromatic N) is 6. The van der Waals surface area contributed by atoms with Gasteiger partial charge in [-0.15, -0.1) is 0 Å². The van der Waals surface area contributed by atoms with Gasteiger partial charge in [0.15, 0.2) is 0 Å². The number of aromatic hydroxyl groups is 6. The van der Waals surface area contributed by atoms with Crippen molar-refractivity contribution < 1.29 is 90.0 Å². The topological polar surface area (TPSA) is 419 Å². The van der Waals surface area contributed by atoms with E-state index in [2.05, 4.69) is 30.7 Å². The second-order valence-corrected chi connectivity index (χ2v) is 12.6. The minimum absolute atomic E-state index is 0. The number of hydrogen-bond acceptors (Lipinski definition) is 18. The summed E-state index contributed by atoms with van der Waals surface area (Å²) in [4.78, 5) is 65.3. The number of carboxylic acid groups (broad SMARTS) is 6. The van der Waals surface area contributed by atoms with E-state index >= 15 is 0 Å². The molecule has 0 amide bonds. The maximum Gasteiger partial charge on any atom is 3.00 e. The molecule has 0 bridgehead atoms. The molecule has 12 N–H and O–H groups in total. The fourth-order valence-electron chi connectivity index (χ4n) is 4.89. The molecule has 0 aliphatic rings. The van der Waals surface area contributed by atoms with E-state index < -0.39 is 70.3 Å². The van der Waals surface area contributed by atoms with Crippen LogP contribution in [0.15, 0.2) is 140 Å². The number of carbonyl (C=O) groups is 6. The van der Waals surface area contributed by atoms with Gasteiger partial charge in [-0.1, -0.05) is 0 Å². The van der Waals surface area contributed by atoms with Gasteiger partial charge in [-0.3, -0.25) is 0 Å². The van der Waals surface area contributed by atoms with Crippen LogP contribution < -0.4 is 0 Å². The van der Waals surface area contributed by atoms with Crippen molar-refractivity contribution in [3.63, 3.8) is 0 Å². The Bertz CT molecular complexity index is 2480. The third-order valence-electron chi connectivity index (χ3n) is 8.11. The standard InChI is InChI=1S/3C14H10N2O6.Ga/c3*17-11-3-1-7(5-9(11)13(19)20)15-16-8-2-4-12(18)10(6-8)14(21)22;/h3*1-6,17-18H,(H,19,20)(H,21,22);/q;;;+3. The van der Waals surface area contributed by atoms with Crippen LogP contribution in [-0.2, 0) is 0 Å². The van der Waals surface area contributed by atoms with E-state index in [9.17, 15) is 59.4 Å². The number of aromatic carboxylic acids is 6. The summed E-state index contributed by atoms with van der Waals surface area (Å²) in [6.07, 6.45) is 0. The quantitative estimate of drug-likeness (QED) is 0.0404. The van der Waals surface area contributed by atoms with E-state index in [0.29, 0.717) is 0 Å². The summed E-state index contributed by atoms with van der Waals surface area (Å²) < 4.78 is 0. The van der Waals surface area contributed by atoms with E-state index in [-0.39, 0.29) is 87.3 Å². The summed E-state index contributed by atoms with van der Waals surface area (Å²) in [5, 5.41) is 132. The second kappa shape index (κ2) is 23.2. The van der Waals surface area contributed by atoms with Crippen LogP contribution in [0.5, 0.6) is 34.5 Å². The van der Waals surface area contributed by atoms with Crippen molar-refractivity contribution in [2.45, 2.75) is 0 Å². The first-order valence-corrected chi connectivity index (χ1v) is 17.8. The smallest absolute Gasteiger partial charge is 0.507 e. The first-order chi connectivity index (χ1) is 31.1. The molecule has 0 fully saturated rings. The van der Waals surface area contributed by atoms with Gasteiger partial charge in [-0.2, -0.15) is 30.7 Å². The number of carboxylic acids is 6. The van der Waals surface area contributed by atoms with Crippen LogP contribution in [0.3, 0.4) is 0 Å². The zero-order chi connectivity index (χ0) is 48.8. The third-order valence-corrected chi connectivity index (χ3v) is 8.11. The molecule has 0 unspecified atom stereocenters. The van der Waals surface area contributed by atoms with Gasteiger partial charge in [0.1, 0.15) is 67.9 Å². The molecule has 0 aromatic heterocycles. The molecule has 0 saturated heterocycles. The van der Waals surface area contributed by atoms with Gasteiger partial charge in [0, 0.05) is 0 Å². The van der Waals surface area contributed by atoms with Crippen molar-refractivity contribution in [2.75, 3.05) is 0 Å². The normalized spacial score (nSPS) is 10.6. The molecule has 0 aliphatic carbocycles. The molecule has 0 atom stereocenters. The Balaban J connectivity index is 0.000000264. The molecule has 6 aromatic rings. The summed E-state index contributed by atoms with van der Waals surface area (Å²) in [6, 6.07) is 21.8. The largest absolute Gasteiger partial charge is 3.00 e. The number of phenols is 6. The summed E-state index contributed by atoms with van der Waals surface area (Å²) in [5.74, 6) is -10.3. The van der Waals surface area contributed by atoms with Gasteiger partial charge in [-0.05, 0) is 109 Å². The molecule has 24 nitrogen and oxygen atoms in total. The third kappa shape index (κ3) is 14.5. The predicted octanol–water partition coefficient (Wildman–Crippen LogP) is 8.35. The van der Waals surface area contributed by atoms with E-state index in [0.717, 1.165) is 72.8 Å². The minimum Gasteiger partial charge on any atom is -0.507 e. The maximum absolute atomic E-state index is 10.9. The molecule has 0 saturated carbocycles. The van der Waals surface area contributed by atoms with Crippen molar-refractivity contribution in [1.82, 2.24) is 0 Å². The molecule has 0 heterocycles. The molecule has 0 aliphatic heterocycles. The molecule has 336 valence electrons. The number of rotatable bonds is 12. The summed E-state index contributed by atoms with van der Waals surface area (Å²) in [6.45, 7) is 0. The molecular weight excluding hydrogens is 946 g/mol. The fraction of sp³-hybridized carbons (Fsp3) is 0. The monoisotopic (exact) mass is 975 g/mol. The zero-order valence-corrected chi connectivity index (χ0v) is 35.9. The van der Waals surface area contributed by atoms with Gasteiger partial charge in [0.2, 0.25) is 0 Å². The Morgan fingerprint density at radius 3 is 0.478 bits per heavy atom. The van der Waals surface area contributed by atoms with Crippen molar-refractivity contribution in [3.05, 3.63) is 143 Å². The first kappa shape index (κ1) is 51.7. The predicted molar refractivity (Wildman–Crippen MR) is 229 cm³/mol. The van der Waals surface area contributed by atoms with E-state index in [1.54, 1.807) is 0 Å². The van der Waals surface area contributed by atoms with Gasteiger partial charge < -0.3 is 61.3 Å². The Morgan fingerprint density at radius 2 is 0.373 bits per heavy atom. The number of hydrogen-bond donors (Lipinski definition) is 12. The SMILES string of the molecule is O=C(O)c1cc(N=Nc2ccc(O)c(C(=O)O)c2)ccc1O.O=C(O)c1cc(N=Nc2ccc(O)c(C(=O)O)c2)ccc1O.O=C(O)c1cc(N=Nc2ccc(O)c(C(=O)O)c2)ccc1O.[Ga+3]. The molecule has 25 heteroatoms. The van der Waals surface area contributed by atoms with Gasteiger partial charge >= 0.3 is 55.6 Å². The van der Waals surface area contributed by atoms with Crippen LogP contribution in [-0.4, -0.2) is 117 Å². The zero-order valence-electron chi connectivity index (χ0n) is 33.5. The van der Waals surface area contributed by atoms with Gasteiger partial charge in [0.05, 0.1) is 34.1 Å².